The second-order valence-corrected chi connectivity index (χ2v) is 6.27. The Morgan fingerprint density at radius 1 is 1.22 bits per heavy atom. The maximum absolute atomic E-state index is 11.8. The summed E-state index contributed by atoms with van der Waals surface area (Å²) in [5.41, 5.74) is 12.3. The van der Waals surface area contributed by atoms with Crippen LogP contribution in [0.5, 0.6) is 0 Å². The number of nitrogens with one attached hydrogen (secondary N) is 1. The number of fused-ring (bicyclic) bond motifs is 1. The molecule has 3 N–H and O–H groups in total. The molecule has 1 amide bonds. The summed E-state index contributed by atoms with van der Waals surface area (Å²) in [6.07, 6.45) is 0. The summed E-state index contributed by atoms with van der Waals surface area (Å²) in [7, 11) is 0. The van der Waals surface area contributed by atoms with Gasteiger partial charge in [0.1, 0.15) is 0 Å². The first-order chi connectivity index (χ1) is 11.0. The number of hydrogen-bond donors (Lipinski definition) is 2. The molecule has 3 aromatic rings. The fourth-order valence-electron chi connectivity index (χ4n) is 2.15. The average Bonchev–Trinajstić information content (AvgIpc) is 2.94. The number of carbonyl (C=O) groups excluding carboxylic acids is 1. The number of thiazole rings is 1. The minimum Gasteiger partial charge on any atom is -0.364 e. The van der Waals surface area contributed by atoms with Crippen LogP contribution < -0.4 is 11.2 Å². The first-order valence-corrected chi connectivity index (χ1v) is 7.93. The largest absolute Gasteiger partial charge is 0.364 e. The van der Waals surface area contributed by atoms with Gasteiger partial charge in [-0.1, -0.05) is 24.3 Å². The zero-order chi connectivity index (χ0) is 16.4. The Morgan fingerprint density at radius 3 is 2.74 bits per heavy atom. The summed E-state index contributed by atoms with van der Waals surface area (Å²) in [4.78, 5) is 16.2. The summed E-state index contributed by atoms with van der Waals surface area (Å²) in [6, 6.07) is 13.7. The van der Waals surface area contributed by atoms with Crippen molar-refractivity contribution in [2.45, 2.75) is 13.8 Å². The van der Waals surface area contributed by atoms with Crippen molar-refractivity contribution < 1.29 is 4.79 Å². The third-order valence-corrected chi connectivity index (χ3v) is 4.45. The number of anilines is 1. The number of hydrazone groups is 1. The lowest BCUT2D eigenvalue weighted by Crippen LogP contribution is -2.25. The lowest BCUT2D eigenvalue weighted by molar-refractivity contribution is -0.111. The highest BCUT2D eigenvalue weighted by molar-refractivity contribution is 7.21. The van der Waals surface area contributed by atoms with Gasteiger partial charge in [0.15, 0.2) is 10.7 Å². The van der Waals surface area contributed by atoms with Gasteiger partial charge in [-0.3, -0.25) is 10.2 Å². The fourth-order valence-corrected chi connectivity index (χ4v) is 3.11. The second kappa shape index (κ2) is 6.18. The van der Waals surface area contributed by atoms with Crippen LogP contribution in [0.25, 0.3) is 10.2 Å². The van der Waals surface area contributed by atoms with Crippen molar-refractivity contribution in [3.63, 3.8) is 0 Å². The molecule has 0 radical (unpaired) electrons. The molecule has 3 rings (SSSR count). The van der Waals surface area contributed by atoms with E-state index < -0.39 is 5.91 Å². The standard InChI is InChI=1S/C17H16N4OS/c1-10-7-8-11(2)13(9-10)20-21-15(16(18)22)17-19-12-5-3-4-6-14(12)23-17/h3-9,20H,1-2H3,(H2,18,22)/b21-15+. The van der Waals surface area contributed by atoms with Gasteiger partial charge in [0.05, 0.1) is 15.9 Å². The molecule has 0 saturated carbocycles. The number of nitrogens with two attached hydrogens (primary N) is 1. The number of nitrogens with zero attached hydrogens (tertiary/aromatic N) is 2. The fraction of sp³-hybridized carbons (Fsp3) is 0.118. The van der Waals surface area contributed by atoms with Crippen LogP contribution in [0.3, 0.4) is 0 Å². The summed E-state index contributed by atoms with van der Waals surface area (Å²) in [5.74, 6) is -0.609. The number of benzene rings is 2. The monoisotopic (exact) mass is 324 g/mol. The minimum atomic E-state index is -0.609. The highest BCUT2D eigenvalue weighted by atomic mass is 32.1. The van der Waals surface area contributed by atoms with Crippen molar-refractivity contribution >= 4 is 38.9 Å². The molecular weight excluding hydrogens is 308 g/mol. The number of aryl methyl sites for hydroxylation is 2. The van der Waals surface area contributed by atoms with Crippen molar-refractivity contribution in [3.05, 3.63) is 58.6 Å². The number of primary amides is 1. The second-order valence-electron chi connectivity index (χ2n) is 5.24. The molecule has 0 spiro atoms. The van der Waals surface area contributed by atoms with Gasteiger partial charge in [-0.15, -0.1) is 11.3 Å². The number of para-hydroxylation sites is 1. The van der Waals surface area contributed by atoms with E-state index in [1.165, 1.54) is 11.3 Å². The van der Waals surface area contributed by atoms with Crippen molar-refractivity contribution in [1.29, 1.82) is 0 Å². The topological polar surface area (TPSA) is 80.4 Å². The predicted molar refractivity (Wildman–Crippen MR) is 94.9 cm³/mol. The maximum Gasteiger partial charge on any atom is 0.272 e. The minimum absolute atomic E-state index is 0.132. The van der Waals surface area contributed by atoms with Gasteiger partial charge in [0.25, 0.3) is 5.91 Å². The number of carbonyl (C=O) groups is 1. The highest BCUT2D eigenvalue weighted by Gasteiger charge is 2.16. The van der Waals surface area contributed by atoms with E-state index in [-0.39, 0.29) is 5.71 Å². The Labute approximate surface area is 137 Å². The molecule has 0 saturated heterocycles. The van der Waals surface area contributed by atoms with Crippen LogP contribution >= 0.6 is 11.3 Å². The van der Waals surface area contributed by atoms with Crippen LogP contribution in [-0.2, 0) is 4.79 Å². The molecule has 1 aromatic heterocycles. The van der Waals surface area contributed by atoms with Crippen LogP contribution in [0.2, 0.25) is 0 Å². The van der Waals surface area contributed by atoms with E-state index in [1.807, 2.05) is 56.3 Å². The van der Waals surface area contributed by atoms with E-state index in [2.05, 4.69) is 15.5 Å². The number of rotatable bonds is 4. The number of aromatic nitrogens is 1. The first-order valence-electron chi connectivity index (χ1n) is 7.11. The van der Waals surface area contributed by atoms with E-state index in [1.54, 1.807) is 0 Å². The summed E-state index contributed by atoms with van der Waals surface area (Å²) < 4.78 is 0.989. The first kappa shape index (κ1) is 15.2. The zero-order valence-corrected chi connectivity index (χ0v) is 13.6. The van der Waals surface area contributed by atoms with E-state index in [9.17, 15) is 4.79 Å². The molecule has 0 bridgehead atoms. The predicted octanol–water partition coefficient (Wildman–Crippen LogP) is 3.21. The summed E-state index contributed by atoms with van der Waals surface area (Å²) >= 11 is 1.39. The molecule has 0 aliphatic carbocycles. The Balaban J connectivity index is 1.98. The quantitative estimate of drug-likeness (QED) is 0.571. The van der Waals surface area contributed by atoms with Gasteiger partial charge in [0, 0.05) is 0 Å². The van der Waals surface area contributed by atoms with Crippen LogP contribution in [0.15, 0.2) is 47.6 Å². The lowest BCUT2D eigenvalue weighted by Gasteiger charge is -2.07. The molecule has 0 atom stereocenters. The third kappa shape index (κ3) is 3.22. The molecule has 0 aliphatic heterocycles. The SMILES string of the molecule is Cc1ccc(C)c(N/N=C(\C(N)=O)c2nc3ccccc3s2)c1. The van der Waals surface area contributed by atoms with Crippen LogP contribution in [0.4, 0.5) is 5.69 Å². The average molecular weight is 324 g/mol. The molecule has 0 aliphatic rings. The molecular formula is C17H16N4OS. The number of hydrogen-bond acceptors (Lipinski definition) is 5. The van der Waals surface area contributed by atoms with E-state index in [0.29, 0.717) is 5.01 Å². The smallest absolute Gasteiger partial charge is 0.272 e. The van der Waals surface area contributed by atoms with Gasteiger partial charge >= 0.3 is 0 Å². The van der Waals surface area contributed by atoms with E-state index >= 15 is 0 Å². The van der Waals surface area contributed by atoms with Crippen LogP contribution in [-0.4, -0.2) is 16.6 Å². The molecule has 6 heteroatoms. The Kier molecular flexibility index (Phi) is 4.08. The third-order valence-electron chi connectivity index (χ3n) is 3.41. The van der Waals surface area contributed by atoms with Crippen LogP contribution in [0, 0.1) is 13.8 Å². The molecule has 5 nitrogen and oxygen atoms in total. The van der Waals surface area contributed by atoms with Crippen molar-refractivity contribution in [2.24, 2.45) is 10.8 Å². The number of amides is 1. The maximum atomic E-state index is 11.8. The molecule has 1 heterocycles. The summed E-state index contributed by atoms with van der Waals surface area (Å²) in [5, 5.41) is 4.71. The van der Waals surface area contributed by atoms with E-state index in [0.717, 1.165) is 27.0 Å². The van der Waals surface area contributed by atoms with Gasteiger partial charge in [-0.25, -0.2) is 4.98 Å². The lowest BCUT2D eigenvalue weighted by atomic mass is 10.1. The van der Waals surface area contributed by atoms with Crippen LogP contribution in [0.1, 0.15) is 16.1 Å². The Hall–Kier alpha value is -2.73. The molecule has 0 fully saturated rings. The Morgan fingerprint density at radius 2 is 2.00 bits per heavy atom. The van der Waals surface area contributed by atoms with Gasteiger partial charge in [-0.05, 0) is 43.2 Å². The highest BCUT2D eigenvalue weighted by Crippen LogP contribution is 2.22. The normalized spacial score (nSPS) is 11.7. The van der Waals surface area contributed by atoms with E-state index in [4.69, 9.17) is 5.73 Å². The summed E-state index contributed by atoms with van der Waals surface area (Å²) in [6.45, 7) is 3.97. The zero-order valence-electron chi connectivity index (χ0n) is 12.8. The van der Waals surface area contributed by atoms with Crippen molar-refractivity contribution in [3.8, 4) is 0 Å². The Bertz CT molecular complexity index is 881. The van der Waals surface area contributed by atoms with Gasteiger partial charge in [0.2, 0.25) is 0 Å². The van der Waals surface area contributed by atoms with Gasteiger partial charge < -0.3 is 5.73 Å². The molecule has 116 valence electrons. The van der Waals surface area contributed by atoms with Crippen molar-refractivity contribution in [1.82, 2.24) is 4.98 Å². The molecule has 0 unspecified atom stereocenters. The molecule has 23 heavy (non-hydrogen) atoms. The molecule has 2 aromatic carbocycles. The van der Waals surface area contributed by atoms with Crippen molar-refractivity contribution in [2.75, 3.05) is 5.43 Å². The van der Waals surface area contributed by atoms with Gasteiger partial charge in [-0.2, -0.15) is 5.10 Å².